The van der Waals surface area contributed by atoms with Crippen molar-refractivity contribution in [2.45, 2.75) is 37.8 Å². The number of aromatic carboxylic acids is 1. The lowest BCUT2D eigenvalue weighted by Gasteiger charge is -2.46. The van der Waals surface area contributed by atoms with E-state index in [1.165, 1.54) is 4.90 Å². The van der Waals surface area contributed by atoms with E-state index in [9.17, 15) is 18.5 Å². The van der Waals surface area contributed by atoms with Crippen molar-refractivity contribution in [3.8, 4) is 17.0 Å². The zero-order chi connectivity index (χ0) is 29.8. The van der Waals surface area contributed by atoms with Crippen LogP contribution in [0, 0.1) is 23.5 Å². The van der Waals surface area contributed by atoms with Crippen molar-refractivity contribution in [3.05, 3.63) is 97.2 Å². The summed E-state index contributed by atoms with van der Waals surface area (Å²) in [7, 11) is 0. The molecule has 216 valence electrons. The minimum absolute atomic E-state index is 0.0470. The Kier molecular flexibility index (Phi) is 7.10. The van der Waals surface area contributed by atoms with E-state index in [4.69, 9.17) is 37.6 Å². The van der Waals surface area contributed by atoms with Gasteiger partial charge in [-0.2, -0.15) is 0 Å². The molecule has 1 saturated heterocycles. The van der Waals surface area contributed by atoms with E-state index in [1.54, 1.807) is 18.2 Å². The van der Waals surface area contributed by atoms with Gasteiger partial charge >= 0.3 is 5.97 Å². The number of ether oxygens (including phenoxy) is 1. The molecule has 0 atom stereocenters. The predicted octanol–water partition coefficient (Wildman–Crippen LogP) is 7.27. The molecule has 0 unspecified atom stereocenters. The minimum atomic E-state index is -1.29. The first-order valence-electron chi connectivity index (χ1n) is 13.0. The fraction of sp³-hybridized carbons (Fsp3) is 0.276. The average Bonchev–Trinajstić information content (AvgIpc) is 3.68. The van der Waals surface area contributed by atoms with E-state index >= 15 is 0 Å². The normalized spacial score (nSPS) is 15.8. The van der Waals surface area contributed by atoms with E-state index in [2.05, 4.69) is 15.3 Å². The van der Waals surface area contributed by atoms with Gasteiger partial charge in [-0.1, -0.05) is 39.6 Å². The Morgan fingerprint density at radius 1 is 1.19 bits per heavy atom. The van der Waals surface area contributed by atoms with Crippen molar-refractivity contribution in [1.82, 2.24) is 10.1 Å². The molecule has 0 amide bonds. The van der Waals surface area contributed by atoms with Gasteiger partial charge in [0.05, 0.1) is 34.3 Å². The maximum Gasteiger partial charge on any atom is 0.337 e. The largest absolute Gasteiger partial charge is 0.489 e. The summed E-state index contributed by atoms with van der Waals surface area (Å²) in [6, 6.07) is 8.44. The molecule has 2 aromatic carbocycles. The molecule has 1 aliphatic carbocycles. The van der Waals surface area contributed by atoms with Crippen LogP contribution in [0.5, 0.6) is 5.75 Å². The van der Waals surface area contributed by atoms with Gasteiger partial charge in [0.1, 0.15) is 29.6 Å². The van der Waals surface area contributed by atoms with Gasteiger partial charge in [0, 0.05) is 17.7 Å². The fourth-order valence-corrected chi connectivity index (χ4v) is 5.93. The number of nitroso groups, excluding NO2 is 1. The number of hydrogen-bond acceptors (Lipinski definition) is 8. The Hall–Kier alpha value is -4.09. The molecule has 2 fully saturated rings. The van der Waals surface area contributed by atoms with Crippen molar-refractivity contribution in [3.63, 3.8) is 0 Å². The smallest absolute Gasteiger partial charge is 0.337 e. The van der Waals surface area contributed by atoms with Crippen LogP contribution >= 0.6 is 23.2 Å². The maximum absolute atomic E-state index is 14.5. The van der Waals surface area contributed by atoms with Gasteiger partial charge in [-0.25, -0.2) is 18.6 Å². The van der Waals surface area contributed by atoms with Crippen LogP contribution in [0.3, 0.4) is 0 Å². The van der Waals surface area contributed by atoms with Crippen molar-refractivity contribution in [2.24, 2.45) is 5.18 Å². The van der Waals surface area contributed by atoms with E-state index < -0.39 is 23.1 Å². The summed E-state index contributed by atoms with van der Waals surface area (Å²) in [6.07, 6.45) is 2.96. The Morgan fingerprint density at radius 2 is 1.90 bits per heavy atom. The minimum Gasteiger partial charge on any atom is -0.489 e. The molecule has 1 saturated carbocycles. The Bertz CT molecular complexity index is 1710. The van der Waals surface area contributed by atoms with Crippen LogP contribution in [0.4, 0.5) is 14.6 Å². The van der Waals surface area contributed by atoms with Crippen LogP contribution in [-0.2, 0) is 12.1 Å². The van der Waals surface area contributed by atoms with Crippen molar-refractivity contribution < 1.29 is 27.9 Å². The third-order valence-electron chi connectivity index (χ3n) is 7.54. The second-order valence-corrected chi connectivity index (χ2v) is 11.3. The number of hydrogen-bond donors (Lipinski definition) is 1. The summed E-state index contributed by atoms with van der Waals surface area (Å²) in [4.78, 5) is 28.6. The molecule has 42 heavy (non-hydrogen) atoms. The average molecular weight is 615 g/mol. The molecule has 6 rings (SSSR count). The van der Waals surface area contributed by atoms with Gasteiger partial charge in [-0.15, -0.1) is 4.91 Å². The molecule has 2 aliphatic rings. The lowest BCUT2D eigenvalue weighted by atomic mass is 9.81. The van der Waals surface area contributed by atoms with E-state index in [1.807, 2.05) is 6.92 Å². The number of pyridine rings is 1. The molecule has 0 spiro atoms. The highest BCUT2D eigenvalue weighted by Gasteiger charge is 2.48. The molecule has 13 heteroatoms. The third kappa shape index (κ3) is 4.96. The second kappa shape index (κ2) is 10.6. The summed E-state index contributed by atoms with van der Waals surface area (Å²) < 4.78 is 40.1. The summed E-state index contributed by atoms with van der Waals surface area (Å²) >= 11 is 12.6. The number of nitrogens with zero attached hydrogens (tertiary/aromatic N) is 4. The van der Waals surface area contributed by atoms with Crippen molar-refractivity contribution in [1.29, 1.82) is 0 Å². The van der Waals surface area contributed by atoms with Gasteiger partial charge in [-0.05, 0) is 61.2 Å². The lowest BCUT2D eigenvalue weighted by molar-refractivity contribution is 0.0695. The molecule has 3 heterocycles. The summed E-state index contributed by atoms with van der Waals surface area (Å²) in [5.41, 5.74) is 1.39. The molecule has 0 bridgehead atoms. The molecule has 4 aromatic rings. The second-order valence-electron chi connectivity index (χ2n) is 10.5. The molecule has 0 radical (unpaired) electrons. The quantitative estimate of drug-likeness (QED) is 0.196. The lowest BCUT2D eigenvalue weighted by Crippen LogP contribution is -2.59. The number of rotatable bonds is 9. The van der Waals surface area contributed by atoms with Crippen LogP contribution in [-0.4, -0.2) is 34.3 Å². The number of aryl methyl sites for hydroxylation is 1. The maximum atomic E-state index is 14.5. The van der Waals surface area contributed by atoms with Crippen LogP contribution in [0.2, 0.25) is 10.0 Å². The topological polar surface area (TPSA) is 118 Å². The first kappa shape index (κ1) is 28.0. The number of carbonyl (C=O) groups is 1. The van der Waals surface area contributed by atoms with E-state index in [-0.39, 0.29) is 47.0 Å². The van der Waals surface area contributed by atoms with Gasteiger partial charge in [0.25, 0.3) is 0 Å². The highest BCUT2D eigenvalue weighted by atomic mass is 35.5. The van der Waals surface area contributed by atoms with Gasteiger partial charge in [0.2, 0.25) is 0 Å². The summed E-state index contributed by atoms with van der Waals surface area (Å²) in [5, 5.41) is 16.8. The number of halogens is 4. The van der Waals surface area contributed by atoms with Gasteiger partial charge < -0.3 is 19.3 Å². The highest BCUT2D eigenvalue weighted by Crippen LogP contribution is 2.46. The first-order valence-corrected chi connectivity index (χ1v) is 13.7. The zero-order valence-electron chi connectivity index (χ0n) is 22.0. The predicted molar refractivity (Wildman–Crippen MR) is 150 cm³/mol. The molecular weight excluding hydrogens is 593 g/mol. The molecule has 1 aliphatic heterocycles. The monoisotopic (exact) mass is 614 g/mol. The first-order chi connectivity index (χ1) is 20.1. The Labute approximate surface area is 248 Å². The van der Waals surface area contributed by atoms with Gasteiger partial charge in [-0.3, -0.25) is 0 Å². The van der Waals surface area contributed by atoms with Crippen LogP contribution in [0.25, 0.3) is 11.3 Å². The SMILES string of the molecule is Cc1cc(OCc2c(-c3c(Cl)cc(F)cc3Cl)noc2C2CC2)ccc1C1(N=O)CN(c2ncc(C(=O)O)cc2F)C1. The Balaban J connectivity index is 1.21. The Morgan fingerprint density at radius 3 is 2.50 bits per heavy atom. The number of aromatic nitrogens is 2. The van der Waals surface area contributed by atoms with Gasteiger partial charge in [0.15, 0.2) is 17.2 Å². The number of carboxylic acid groups (broad SMARTS) is 1. The van der Waals surface area contributed by atoms with Crippen LogP contribution in [0.15, 0.2) is 52.3 Å². The standard InChI is InChI=1S/C29H22Cl2F2N4O5/c1-14-6-18(4-5-20(14)29(36-40)12-37(13-29)27-23(33)7-16(10-34-27)28(38)39)41-11-19-25(35-42-26(19)15-2-3-15)24-21(30)8-17(32)9-22(24)31/h4-10,15H,2-3,11-13H2,1H3,(H,38,39). The van der Waals surface area contributed by atoms with Crippen LogP contribution in [0.1, 0.15) is 51.6 Å². The number of carboxylic acids is 1. The molecule has 1 N–H and O–H groups in total. The molecule has 9 nitrogen and oxygen atoms in total. The number of anilines is 1. The summed E-state index contributed by atoms with van der Waals surface area (Å²) in [5.74, 6) is -1.31. The van der Waals surface area contributed by atoms with Crippen LogP contribution < -0.4 is 9.64 Å². The summed E-state index contributed by atoms with van der Waals surface area (Å²) in [6.45, 7) is 2.04. The van der Waals surface area contributed by atoms with E-state index in [0.717, 1.165) is 42.8 Å². The van der Waals surface area contributed by atoms with Crippen molar-refractivity contribution in [2.75, 3.05) is 18.0 Å². The fourth-order valence-electron chi connectivity index (χ4n) is 5.29. The molecule has 2 aromatic heterocycles. The third-order valence-corrected chi connectivity index (χ3v) is 8.14. The molecular formula is C29H22Cl2F2N4O5. The highest BCUT2D eigenvalue weighted by molar-refractivity contribution is 6.39. The number of benzene rings is 2. The van der Waals surface area contributed by atoms with E-state index in [0.29, 0.717) is 33.9 Å². The zero-order valence-corrected chi connectivity index (χ0v) is 23.5. The van der Waals surface area contributed by atoms with Crippen molar-refractivity contribution >= 4 is 35.0 Å².